The van der Waals surface area contributed by atoms with Crippen molar-refractivity contribution in [1.82, 2.24) is 4.67 Å². The number of rotatable bonds is 1. The van der Waals surface area contributed by atoms with Crippen LogP contribution in [-0.2, 0) is 23.8 Å². The monoisotopic (exact) mass is 393 g/mol. The molecule has 146 valence electrons. The summed E-state index contributed by atoms with van der Waals surface area (Å²) in [5.74, 6) is 1.42. The van der Waals surface area contributed by atoms with E-state index in [2.05, 4.69) is 41.1 Å². The summed E-state index contributed by atoms with van der Waals surface area (Å²) in [5, 5.41) is 0. The van der Waals surface area contributed by atoms with Crippen LogP contribution in [0.3, 0.4) is 0 Å². The van der Waals surface area contributed by atoms with Crippen LogP contribution in [0.2, 0.25) is 0 Å². The van der Waals surface area contributed by atoms with Crippen LogP contribution in [0, 0.1) is 0 Å². The average Bonchev–Trinajstić information content (AvgIpc) is 3.22. The van der Waals surface area contributed by atoms with Crippen molar-refractivity contribution in [2.45, 2.75) is 63.4 Å². The summed E-state index contributed by atoms with van der Waals surface area (Å²) >= 11 is 0. The van der Waals surface area contributed by atoms with Gasteiger partial charge >= 0.3 is 8.53 Å². The van der Waals surface area contributed by atoms with Crippen LogP contribution in [0.1, 0.15) is 65.8 Å². The third kappa shape index (κ3) is 2.83. The van der Waals surface area contributed by atoms with E-state index in [1.165, 1.54) is 55.2 Å². The molecule has 2 aliphatic heterocycles. The Balaban J connectivity index is 1.53. The molecule has 6 rings (SSSR count). The second-order valence-electron chi connectivity index (χ2n) is 8.67. The van der Waals surface area contributed by atoms with Gasteiger partial charge in [-0.3, -0.25) is 0 Å². The summed E-state index contributed by atoms with van der Waals surface area (Å²) in [5.41, 5.74) is 7.54. The van der Waals surface area contributed by atoms with Gasteiger partial charge in [0.1, 0.15) is 5.75 Å². The minimum absolute atomic E-state index is 0.233. The van der Waals surface area contributed by atoms with Gasteiger partial charge < -0.3 is 9.05 Å². The van der Waals surface area contributed by atoms with Gasteiger partial charge in [-0.25, -0.2) is 4.67 Å². The molecule has 4 aliphatic rings. The average molecular weight is 393 g/mol. The Labute approximate surface area is 169 Å². The third-order valence-electron chi connectivity index (χ3n) is 7.02. The second-order valence-corrected chi connectivity index (χ2v) is 10.1. The summed E-state index contributed by atoms with van der Waals surface area (Å²) in [4.78, 5) is 0. The van der Waals surface area contributed by atoms with Crippen molar-refractivity contribution in [3.05, 3.63) is 64.2 Å². The molecule has 0 aromatic heterocycles. The maximum absolute atomic E-state index is 6.80. The van der Waals surface area contributed by atoms with Gasteiger partial charge in [0.2, 0.25) is 0 Å². The third-order valence-corrected chi connectivity index (χ3v) is 8.69. The molecule has 28 heavy (non-hydrogen) atoms. The van der Waals surface area contributed by atoms with E-state index in [4.69, 9.17) is 9.05 Å². The lowest BCUT2D eigenvalue weighted by Crippen LogP contribution is -2.29. The highest BCUT2D eigenvalue weighted by Gasteiger charge is 2.42. The van der Waals surface area contributed by atoms with Crippen molar-refractivity contribution in [2.75, 3.05) is 13.1 Å². The first-order valence-electron chi connectivity index (χ1n) is 11.0. The summed E-state index contributed by atoms with van der Waals surface area (Å²) in [6.07, 6.45) is 9.98. The fourth-order valence-electron chi connectivity index (χ4n) is 5.65. The van der Waals surface area contributed by atoms with Crippen molar-refractivity contribution < 1.29 is 9.05 Å². The molecule has 0 spiro atoms. The largest absolute Gasteiger partial charge is 0.435 e. The Bertz CT molecular complexity index is 892. The molecule has 3 atom stereocenters. The van der Waals surface area contributed by atoms with Crippen LogP contribution in [0.25, 0.3) is 0 Å². The van der Waals surface area contributed by atoms with E-state index in [0.29, 0.717) is 5.92 Å². The van der Waals surface area contributed by atoms with Crippen LogP contribution in [-0.4, -0.2) is 23.9 Å². The first-order valence-corrected chi connectivity index (χ1v) is 12.1. The molecule has 2 unspecified atom stereocenters. The van der Waals surface area contributed by atoms with Gasteiger partial charge in [-0.15, -0.1) is 0 Å². The van der Waals surface area contributed by atoms with Crippen molar-refractivity contribution in [1.29, 1.82) is 0 Å². The Morgan fingerprint density at radius 1 is 0.857 bits per heavy atom. The molecule has 1 fully saturated rings. The lowest BCUT2D eigenvalue weighted by molar-refractivity contribution is 0.160. The predicted molar refractivity (Wildman–Crippen MR) is 113 cm³/mol. The fourth-order valence-corrected chi connectivity index (χ4v) is 7.34. The highest BCUT2D eigenvalue weighted by atomic mass is 31.2. The SMILES string of the molecule is c1ccc2c(c1)CCC1OP(N3CCCC3)Oc3ccc4c(c3[C@H]21)CCCC4. The smallest absolute Gasteiger partial charge is 0.321 e. The molecule has 2 aromatic carbocycles. The van der Waals surface area contributed by atoms with Crippen LogP contribution in [0.15, 0.2) is 36.4 Å². The molecular weight excluding hydrogens is 365 g/mol. The van der Waals surface area contributed by atoms with Gasteiger partial charge in [-0.2, -0.15) is 0 Å². The zero-order chi connectivity index (χ0) is 18.5. The van der Waals surface area contributed by atoms with Gasteiger partial charge in [0.15, 0.2) is 0 Å². The highest BCUT2D eigenvalue weighted by Crippen LogP contribution is 2.57. The zero-order valence-corrected chi connectivity index (χ0v) is 17.3. The summed E-state index contributed by atoms with van der Waals surface area (Å²) in [6.45, 7) is 2.22. The molecule has 2 aromatic rings. The van der Waals surface area contributed by atoms with Crippen LogP contribution in [0.4, 0.5) is 0 Å². The maximum atomic E-state index is 6.80. The van der Waals surface area contributed by atoms with Crippen molar-refractivity contribution in [2.24, 2.45) is 0 Å². The Kier molecular flexibility index (Phi) is 4.44. The van der Waals surface area contributed by atoms with Gasteiger partial charge in [-0.05, 0) is 79.7 Å². The van der Waals surface area contributed by atoms with E-state index in [0.717, 1.165) is 31.7 Å². The van der Waals surface area contributed by atoms with Crippen LogP contribution < -0.4 is 4.52 Å². The number of fused-ring (bicyclic) bond motifs is 7. The van der Waals surface area contributed by atoms with E-state index in [9.17, 15) is 0 Å². The molecule has 4 heteroatoms. The summed E-state index contributed by atoms with van der Waals surface area (Å²) < 4.78 is 15.9. The highest BCUT2D eigenvalue weighted by molar-refractivity contribution is 7.45. The molecule has 1 saturated heterocycles. The number of aryl methyl sites for hydroxylation is 2. The van der Waals surface area contributed by atoms with Gasteiger partial charge in [-0.1, -0.05) is 30.3 Å². The molecule has 2 aliphatic carbocycles. The number of nitrogens with zero attached hydrogens (tertiary/aromatic N) is 1. The van der Waals surface area contributed by atoms with Crippen molar-refractivity contribution >= 4 is 8.53 Å². The molecular formula is C24H28NO2P. The van der Waals surface area contributed by atoms with E-state index in [1.807, 2.05) is 0 Å². The lowest BCUT2D eigenvalue weighted by atomic mass is 9.73. The summed E-state index contributed by atoms with van der Waals surface area (Å²) in [7, 11) is -0.999. The van der Waals surface area contributed by atoms with E-state index in [1.54, 1.807) is 11.1 Å². The first-order chi connectivity index (χ1) is 13.9. The summed E-state index contributed by atoms with van der Waals surface area (Å²) in [6, 6.07) is 13.6. The Morgan fingerprint density at radius 2 is 1.71 bits per heavy atom. The number of benzene rings is 2. The molecule has 0 amide bonds. The van der Waals surface area contributed by atoms with Crippen molar-refractivity contribution in [3.8, 4) is 5.75 Å². The van der Waals surface area contributed by atoms with Gasteiger partial charge in [0.05, 0.1) is 6.10 Å². The molecule has 0 N–H and O–H groups in total. The topological polar surface area (TPSA) is 21.7 Å². The van der Waals surface area contributed by atoms with E-state index in [-0.39, 0.29) is 6.10 Å². The minimum atomic E-state index is -0.999. The minimum Gasteiger partial charge on any atom is -0.435 e. The lowest BCUT2D eigenvalue weighted by Gasteiger charge is -2.35. The molecule has 0 bridgehead atoms. The maximum Gasteiger partial charge on any atom is 0.321 e. The van der Waals surface area contributed by atoms with Gasteiger partial charge in [0.25, 0.3) is 0 Å². The van der Waals surface area contributed by atoms with Crippen LogP contribution in [0.5, 0.6) is 5.75 Å². The number of hydrogen-bond donors (Lipinski definition) is 0. The van der Waals surface area contributed by atoms with E-state index < -0.39 is 8.53 Å². The number of hydrogen-bond acceptors (Lipinski definition) is 3. The predicted octanol–water partition coefficient (Wildman–Crippen LogP) is 5.74. The normalized spacial score (nSPS) is 29.1. The standard InChI is InChI=1S/C24H28NO2P/c1-3-9-19-17(7-1)11-13-21-23(19)24-20-10-4-2-8-18(20)12-14-22(24)27-28(26-21)25-15-5-6-16-25/h1,3,7,9,12,14,21,23H,2,4-6,8,10-11,13,15-16H2/t21?,23-,28?/m1/s1. The Hall–Kier alpha value is -1.41. The van der Waals surface area contributed by atoms with Gasteiger partial charge in [0, 0.05) is 24.6 Å². The second kappa shape index (κ2) is 7.13. The van der Waals surface area contributed by atoms with E-state index >= 15 is 0 Å². The molecule has 0 radical (unpaired) electrons. The fraction of sp³-hybridized carbons (Fsp3) is 0.500. The van der Waals surface area contributed by atoms with Crippen molar-refractivity contribution in [3.63, 3.8) is 0 Å². The Morgan fingerprint density at radius 3 is 2.64 bits per heavy atom. The zero-order valence-electron chi connectivity index (χ0n) is 16.4. The molecule has 2 heterocycles. The quantitative estimate of drug-likeness (QED) is 0.577. The van der Waals surface area contributed by atoms with Crippen LogP contribution >= 0.6 is 8.53 Å². The first kappa shape index (κ1) is 17.4. The molecule has 3 nitrogen and oxygen atoms in total. The molecule has 0 saturated carbocycles.